The molecule has 11 heteroatoms. The van der Waals surface area contributed by atoms with Crippen molar-refractivity contribution in [1.29, 1.82) is 0 Å². The quantitative estimate of drug-likeness (QED) is 0.441. The van der Waals surface area contributed by atoms with Gasteiger partial charge in [0.2, 0.25) is 11.8 Å². The summed E-state index contributed by atoms with van der Waals surface area (Å²) >= 11 is 5.93. The SMILES string of the molecule is O=C(CCC(=O)Nc1ccccc1Cl)NNC(=O)COc1ccccc1[N+](=O)[O-]. The van der Waals surface area contributed by atoms with Crippen LogP contribution in [0.3, 0.4) is 0 Å². The van der Waals surface area contributed by atoms with Crippen LogP contribution in [0.25, 0.3) is 0 Å². The van der Waals surface area contributed by atoms with Crippen molar-refractivity contribution < 1.29 is 24.0 Å². The summed E-state index contributed by atoms with van der Waals surface area (Å²) < 4.78 is 5.09. The number of hydrazine groups is 1. The second kappa shape index (κ2) is 10.6. The molecule has 0 aliphatic heterocycles. The number of amides is 3. The number of nitro benzene ring substituents is 1. The molecule has 2 rings (SSSR count). The van der Waals surface area contributed by atoms with E-state index in [2.05, 4.69) is 16.2 Å². The van der Waals surface area contributed by atoms with E-state index >= 15 is 0 Å². The summed E-state index contributed by atoms with van der Waals surface area (Å²) in [6.45, 7) is -0.544. The number of anilines is 1. The van der Waals surface area contributed by atoms with Crippen LogP contribution >= 0.6 is 11.6 Å². The van der Waals surface area contributed by atoms with Gasteiger partial charge in [0.1, 0.15) is 0 Å². The molecule has 0 bridgehead atoms. The number of benzene rings is 2. The van der Waals surface area contributed by atoms with Crippen LogP contribution in [0.4, 0.5) is 11.4 Å². The summed E-state index contributed by atoms with van der Waals surface area (Å²) in [5.74, 6) is -1.81. The number of carbonyl (C=O) groups excluding carboxylic acids is 3. The molecule has 2 aromatic rings. The maximum atomic E-state index is 11.8. The van der Waals surface area contributed by atoms with Crippen molar-refractivity contribution in [2.24, 2.45) is 0 Å². The molecule has 0 atom stereocenters. The van der Waals surface area contributed by atoms with Crippen LogP contribution in [-0.2, 0) is 14.4 Å². The summed E-state index contributed by atoms with van der Waals surface area (Å²) in [6.07, 6.45) is -0.304. The van der Waals surface area contributed by atoms with Gasteiger partial charge in [-0.05, 0) is 18.2 Å². The van der Waals surface area contributed by atoms with E-state index in [-0.39, 0.29) is 24.3 Å². The van der Waals surface area contributed by atoms with Gasteiger partial charge in [-0.15, -0.1) is 0 Å². The molecule has 0 fully saturated rings. The van der Waals surface area contributed by atoms with Gasteiger partial charge in [0.15, 0.2) is 12.4 Å². The number of nitrogens with one attached hydrogen (secondary N) is 3. The first kappa shape index (κ1) is 21.6. The summed E-state index contributed by atoms with van der Waals surface area (Å²) in [5, 5.41) is 13.8. The van der Waals surface area contributed by atoms with Gasteiger partial charge in [-0.1, -0.05) is 35.9 Å². The van der Waals surface area contributed by atoms with Gasteiger partial charge in [-0.3, -0.25) is 35.3 Å². The van der Waals surface area contributed by atoms with Crippen LogP contribution in [0.2, 0.25) is 5.02 Å². The number of ether oxygens (including phenoxy) is 1. The van der Waals surface area contributed by atoms with E-state index in [1.165, 1.54) is 24.3 Å². The highest BCUT2D eigenvalue weighted by Gasteiger charge is 2.15. The number of rotatable bonds is 8. The molecule has 0 spiro atoms. The Bertz CT molecular complexity index is 921. The number of hydrogen-bond acceptors (Lipinski definition) is 6. The van der Waals surface area contributed by atoms with Crippen molar-refractivity contribution in [2.45, 2.75) is 12.8 Å². The predicted octanol–water partition coefficient (Wildman–Crippen LogP) is 2.19. The number of hydrogen-bond donors (Lipinski definition) is 3. The summed E-state index contributed by atoms with van der Waals surface area (Å²) in [7, 11) is 0. The van der Waals surface area contributed by atoms with Gasteiger partial charge < -0.3 is 10.1 Å². The normalized spacial score (nSPS) is 9.97. The lowest BCUT2D eigenvalue weighted by atomic mass is 10.2. The summed E-state index contributed by atoms with van der Waals surface area (Å²) in [5.41, 5.74) is 4.37. The summed E-state index contributed by atoms with van der Waals surface area (Å²) in [6, 6.07) is 12.2. The standard InChI is InChI=1S/C18H17ClN4O6/c19-12-5-1-2-6-13(12)20-16(24)9-10-17(25)21-22-18(26)11-29-15-8-4-3-7-14(15)23(27)28/h1-8H,9-11H2,(H,20,24)(H,21,25)(H,22,26). The van der Waals surface area contributed by atoms with Gasteiger partial charge in [0, 0.05) is 18.9 Å². The predicted molar refractivity (Wildman–Crippen MR) is 104 cm³/mol. The lowest BCUT2D eigenvalue weighted by Crippen LogP contribution is -2.44. The largest absolute Gasteiger partial charge is 0.477 e. The number of nitrogens with zero attached hydrogens (tertiary/aromatic N) is 1. The zero-order valence-corrected chi connectivity index (χ0v) is 15.8. The van der Waals surface area contributed by atoms with Gasteiger partial charge in [0.05, 0.1) is 15.6 Å². The molecule has 0 saturated heterocycles. The molecule has 2 aromatic carbocycles. The Labute approximate surface area is 170 Å². The second-order valence-electron chi connectivity index (χ2n) is 5.64. The zero-order chi connectivity index (χ0) is 21.2. The van der Waals surface area contributed by atoms with E-state index in [4.69, 9.17) is 16.3 Å². The van der Waals surface area contributed by atoms with E-state index in [1.807, 2.05) is 0 Å². The van der Waals surface area contributed by atoms with Crippen molar-refractivity contribution in [3.63, 3.8) is 0 Å². The Morgan fingerprint density at radius 3 is 2.28 bits per heavy atom. The highest BCUT2D eigenvalue weighted by molar-refractivity contribution is 6.33. The fourth-order valence-electron chi connectivity index (χ4n) is 2.11. The Morgan fingerprint density at radius 2 is 1.55 bits per heavy atom. The van der Waals surface area contributed by atoms with Gasteiger partial charge in [-0.2, -0.15) is 0 Å². The van der Waals surface area contributed by atoms with E-state index in [0.29, 0.717) is 10.7 Å². The second-order valence-corrected chi connectivity index (χ2v) is 6.05. The molecule has 152 valence electrons. The maximum absolute atomic E-state index is 11.8. The minimum Gasteiger partial charge on any atom is -0.477 e. The first-order valence-electron chi connectivity index (χ1n) is 8.35. The van der Waals surface area contributed by atoms with Crippen LogP contribution in [0, 0.1) is 10.1 Å². The van der Waals surface area contributed by atoms with E-state index in [1.54, 1.807) is 24.3 Å². The zero-order valence-electron chi connectivity index (χ0n) is 15.0. The fourth-order valence-corrected chi connectivity index (χ4v) is 2.30. The Kier molecular flexibility index (Phi) is 7.92. The monoisotopic (exact) mass is 420 g/mol. The van der Waals surface area contributed by atoms with Crippen LogP contribution in [0.5, 0.6) is 5.75 Å². The molecule has 0 unspecified atom stereocenters. The molecule has 3 amide bonds. The number of nitro groups is 1. The number of halogens is 1. The molecule has 0 aromatic heterocycles. The highest BCUT2D eigenvalue weighted by Crippen LogP contribution is 2.25. The van der Waals surface area contributed by atoms with Crippen LogP contribution in [0.1, 0.15) is 12.8 Å². The number of carbonyl (C=O) groups is 3. The van der Waals surface area contributed by atoms with Crippen molar-refractivity contribution >= 4 is 40.7 Å². The molecule has 0 aliphatic rings. The number of para-hydroxylation sites is 3. The fraction of sp³-hybridized carbons (Fsp3) is 0.167. The van der Waals surface area contributed by atoms with Crippen molar-refractivity contribution in [3.8, 4) is 5.75 Å². The average Bonchev–Trinajstić information content (AvgIpc) is 2.71. The van der Waals surface area contributed by atoms with Crippen molar-refractivity contribution in [2.75, 3.05) is 11.9 Å². The Morgan fingerprint density at radius 1 is 0.931 bits per heavy atom. The third kappa shape index (κ3) is 7.11. The minimum atomic E-state index is -0.725. The first-order valence-corrected chi connectivity index (χ1v) is 8.73. The van der Waals surface area contributed by atoms with Crippen molar-refractivity contribution in [3.05, 3.63) is 63.7 Å². The lowest BCUT2D eigenvalue weighted by molar-refractivity contribution is -0.385. The topological polar surface area (TPSA) is 140 Å². The first-order chi connectivity index (χ1) is 13.9. The molecule has 0 saturated carbocycles. The van der Waals surface area contributed by atoms with Crippen LogP contribution in [-0.4, -0.2) is 29.3 Å². The van der Waals surface area contributed by atoms with Crippen molar-refractivity contribution in [1.82, 2.24) is 10.9 Å². The van der Waals surface area contributed by atoms with E-state index in [0.717, 1.165) is 0 Å². The van der Waals surface area contributed by atoms with E-state index in [9.17, 15) is 24.5 Å². The third-order valence-electron chi connectivity index (χ3n) is 3.49. The molecule has 0 aliphatic carbocycles. The molecule has 29 heavy (non-hydrogen) atoms. The lowest BCUT2D eigenvalue weighted by Gasteiger charge is -2.09. The third-order valence-corrected chi connectivity index (χ3v) is 3.82. The molecule has 3 N–H and O–H groups in total. The van der Waals surface area contributed by atoms with Crippen LogP contribution in [0.15, 0.2) is 48.5 Å². The molecule has 0 radical (unpaired) electrons. The molecule has 0 heterocycles. The smallest absolute Gasteiger partial charge is 0.310 e. The van der Waals surface area contributed by atoms with Gasteiger partial charge in [-0.25, -0.2) is 0 Å². The Balaban J connectivity index is 1.69. The van der Waals surface area contributed by atoms with Gasteiger partial charge >= 0.3 is 5.69 Å². The van der Waals surface area contributed by atoms with Gasteiger partial charge in [0.25, 0.3) is 5.91 Å². The Hall–Kier alpha value is -3.66. The maximum Gasteiger partial charge on any atom is 0.310 e. The minimum absolute atomic E-state index is 0.0739. The van der Waals surface area contributed by atoms with Crippen LogP contribution < -0.4 is 20.9 Å². The molecule has 10 nitrogen and oxygen atoms in total. The molecular weight excluding hydrogens is 404 g/mol. The van der Waals surface area contributed by atoms with E-state index < -0.39 is 29.3 Å². The summed E-state index contributed by atoms with van der Waals surface area (Å²) in [4.78, 5) is 45.5. The average molecular weight is 421 g/mol. The molecular formula is C18H17ClN4O6. The highest BCUT2D eigenvalue weighted by atomic mass is 35.5.